The molecule has 16 heavy (non-hydrogen) atoms. The van der Waals surface area contributed by atoms with Crippen LogP contribution in [-0.2, 0) is 0 Å². The highest BCUT2D eigenvalue weighted by Crippen LogP contribution is 2.31. The summed E-state index contributed by atoms with van der Waals surface area (Å²) in [6.45, 7) is 4.02. The van der Waals surface area contributed by atoms with Crippen LogP contribution in [0.15, 0.2) is 12.1 Å². The Balaban J connectivity index is 2.99. The monoisotopic (exact) mass is 263 g/mol. The van der Waals surface area contributed by atoms with Crippen molar-refractivity contribution >= 4 is 23.2 Å². The molecule has 2 unspecified atom stereocenters. The fourth-order valence-corrected chi connectivity index (χ4v) is 2.26. The molecule has 4 heteroatoms. The second-order valence-electron chi connectivity index (χ2n) is 4.03. The fraction of sp³-hybridized carbons (Fsp3) is 0.500. The van der Waals surface area contributed by atoms with E-state index in [1.165, 1.54) is 12.1 Å². The summed E-state index contributed by atoms with van der Waals surface area (Å²) >= 11 is 11.7. The summed E-state index contributed by atoms with van der Waals surface area (Å²) in [4.78, 5) is 0. The third-order valence-electron chi connectivity index (χ3n) is 2.79. The van der Waals surface area contributed by atoms with E-state index in [-0.39, 0.29) is 17.0 Å². The highest BCUT2D eigenvalue weighted by molar-refractivity contribution is 6.35. The van der Waals surface area contributed by atoms with Gasteiger partial charge in [-0.05, 0) is 30.0 Å². The van der Waals surface area contributed by atoms with Crippen LogP contribution in [0.4, 0.5) is 4.39 Å². The first kappa shape index (κ1) is 13.8. The lowest BCUT2D eigenvalue weighted by molar-refractivity contribution is 0.519. The van der Waals surface area contributed by atoms with E-state index in [4.69, 9.17) is 28.9 Å². The minimum absolute atomic E-state index is 0.0110. The van der Waals surface area contributed by atoms with Crippen molar-refractivity contribution in [3.63, 3.8) is 0 Å². The van der Waals surface area contributed by atoms with Crippen molar-refractivity contribution in [2.45, 2.75) is 38.6 Å². The maximum absolute atomic E-state index is 13.3. The lowest BCUT2D eigenvalue weighted by Gasteiger charge is -2.21. The van der Waals surface area contributed by atoms with E-state index in [0.717, 1.165) is 18.4 Å². The Morgan fingerprint density at radius 1 is 1.31 bits per heavy atom. The zero-order valence-corrected chi connectivity index (χ0v) is 10.9. The molecular weight excluding hydrogens is 248 g/mol. The third kappa shape index (κ3) is 3.09. The molecule has 2 N–H and O–H groups in total. The predicted octanol–water partition coefficient (Wildman–Crippen LogP) is 4.36. The molecule has 0 saturated carbocycles. The van der Waals surface area contributed by atoms with Gasteiger partial charge in [0.15, 0.2) is 0 Å². The lowest BCUT2D eigenvalue weighted by atomic mass is 9.91. The molecule has 0 fully saturated rings. The van der Waals surface area contributed by atoms with Crippen LogP contribution in [-0.4, -0.2) is 6.04 Å². The van der Waals surface area contributed by atoms with Crippen LogP contribution in [0.25, 0.3) is 0 Å². The van der Waals surface area contributed by atoms with Crippen molar-refractivity contribution in [3.05, 3.63) is 33.6 Å². The molecule has 0 heterocycles. The van der Waals surface area contributed by atoms with Gasteiger partial charge in [-0.1, -0.05) is 43.5 Å². The molecule has 0 aliphatic heterocycles. The second kappa shape index (κ2) is 5.85. The highest BCUT2D eigenvalue weighted by atomic mass is 35.5. The van der Waals surface area contributed by atoms with Gasteiger partial charge in [0.25, 0.3) is 0 Å². The molecule has 0 amide bonds. The molecule has 0 bridgehead atoms. The standard InChI is InChI=1S/C12H16Cl2FN/c1-3-4-12(16)7(2)8-5-11(15)10(14)6-9(8)13/h5-7,12H,3-4,16H2,1-2H3. The van der Waals surface area contributed by atoms with E-state index >= 15 is 0 Å². The summed E-state index contributed by atoms with van der Waals surface area (Å²) in [5.74, 6) is -0.421. The summed E-state index contributed by atoms with van der Waals surface area (Å²) in [6, 6.07) is 2.80. The predicted molar refractivity (Wildman–Crippen MR) is 67.7 cm³/mol. The van der Waals surface area contributed by atoms with E-state index in [1.54, 1.807) is 0 Å². The number of hydrogen-bond acceptors (Lipinski definition) is 1. The van der Waals surface area contributed by atoms with Crippen LogP contribution in [0.2, 0.25) is 10.0 Å². The van der Waals surface area contributed by atoms with E-state index in [1.807, 2.05) is 6.92 Å². The number of halogens is 3. The maximum Gasteiger partial charge on any atom is 0.142 e. The third-order valence-corrected chi connectivity index (χ3v) is 3.41. The maximum atomic E-state index is 13.3. The Bertz CT molecular complexity index is 368. The van der Waals surface area contributed by atoms with Gasteiger partial charge in [0.1, 0.15) is 5.82 Å². The van der Waals surface area contributed by atoms with Gasteiger partial charge in [0, 0.05) is 11.1 Å². The van der Waals surface area contributed by atoms with E-state index in [9.17, 15) is 4.39 Å². The molecule has 0 aliphatic carbocycles. The van der Waals surface area contributed by atoms with Crippen LogP contribution < -0.4 is 5.73 Å². The van der Waals surface area contributed by atoms with Crippen LogP contribution in [0.3, 0.4) is 0 Å². The number of rotatable bonds is 4. The van der Waals surface area contributed by atoms with Gasteiger partial charge >= 0.3 is 0 Å². The number of nitrogens with two attached hydrogens (primary N) is 1. The normalized spacial score (nSPS) is 14.9. The summed E-state index contributed by atoms with van der Waals surface area (Å²) in [5, 5.41) is 0.524. The van der Waals surface area contributed by atoms with Gasteiger partial charge < -0.3 is 5.73 Å². The van der Waals surface area contributed by atoms with E-state index in [0.29, 0.717) is 5.02 Å². The zero-order valence-electron chi connectivity index (χ0n) is 9.43. The minimum Gasteiger partial charge on any atom is -0.327 e. The van der Waals surface area contributed by atoms with Gasteiger partial charge in [-0.2, -0.15) is 0 Å². The minimum atomic E-state index is -0.448. The average molecular weight is 264 g/mol. The quantitative estimate of drug-likeness (QED) is 0.803. The SMILES string of the molecule is CCCC(N)C(C)c1cc(F)c(Cl)cc1Cl. The molecule has 1 rings (SSSR count). The highest BCUT2D eigenvalue weighted by Gasteiger charge is 2.18. The molecule has 1 aromatic rings. The molecule has 90 valence electrons. The van der Waals surface area contributed by atoms with Crippen molar-refractivity contribution in [2.24, 2.45) is 5.73 Å². The Morgan fingerprint density at radius 3 is 2.50 bits per heavy atom. The van der Waals surface area contributed by atoms with Crippen molar-refractivity contribution in [1.82, 2.24) is 0 Å². The fourth-order valence-electron chi connectivity index (χ4n) is 1.70. The van der Waals surface area contributed by atoms with E-state index in [2.05, 4.69) is 6.92 Å². The van der Waals surface area contributed by atoms with Crippen LogP contribution in [0.1, 0.15) is 38.2 Å². The van der Waals surface area contributed by atoms with Crippen molar-refractivity contribution in [2.75, 3.05) is 0 Å². The molecule has 1 nitrogen and oxygen atoms in total. The van der Waals surface area contributed by atoms with Gasteiger partial charge in [0.05, 0.1) is 5.02 Å². The van der Waals surface area contributed by atoms with Gasteiger partial charge in [-0.3, -0.25) is 0 Å². The first-order valence-corrected chi connectivity index (χ1v) is 6.13. The number of benzene rings is 1. The summed E-state index contributed by atoms with van der Waals surface area (Å²) < 4.78 is 13.3. The van der Waals surface area contributed by atoms with Crippen LogP contribution in [0.5, 0.6) is 0 Å². The Kier molecular flexibility index (Phi) is 5.03. The Labute approximate surface area is 106 Å². The zero-order chi connectivity index (χ0) is 12.3. The van der Waals surface area contributed by atoms with Crippen molar-refractivity contribution in [1.29, 1.82) is 0 Å². The Hall–Kier alpha value is -0.310. The summed E-state index contributed by atoms with van der Waals surface area (Å²) in [5.41, 5.74) is 6.73. The molecule has 0 spiro atoms. The Morgan fingerprint density at radius 2 is 1.94 bits per heavy atom. The van der Waals surface area contributed by atoms with Crippen molar-refractivity contribution in [3.8, 4) is 0 Å². The van der Waals surface area contributed by atoms with Gasteiger partial charge in [-0.25, -0.2) is 4.39 Å². The topological polar surface area (TPSA) is 26.0 Å². The molecular formula is C12H16Cl2FN. The van der Waals surface area contributed by atoms with Crippen LogP contribution in [0, 0.1) is 5.82 Å². The number of hydrogen-bond donors (Lipinski definition) is 1. The molecule has 2 atom stereocenters. The average Bonchev–Trinajstić information content (AvgIpc) is 2.23. The molecule has 0 saturated heterocycles. The summed E-state index contributed by atoms with van der Waals surface area (Å²) in [7, 11) is 0. The molecule has 0 aliphatic rings. The molecule has 1 aromatic carbocycles. The molecule has 0 aromatic heterocycles. The van der Waals surface area contributed by atoms with E-state index < -0.39 is 5.82 Å². The first-order chi connectivity index (χ1) is 7.47. The molecule has 0 radical (unpaired) electrons. The lowest BCUT2D eigenvalue weighted by Crippen LogP contribution is -2.26. The first-order valence-electron chi connectivity index (χ1n) is 5.37. The smallest absolute Gasteiger partial charge is 0.142 e. The van der Waals surface area contributed by atoms with Crippen molar-refractivity contribution < 1.29 is 4.39 Å². The second-order valence-corrected chi connectivity index (χ2v) is 4.84. The summed E-state index contributed by atoms with van der Waals surface area (Å²) in [6.07, 6.45) is 1.89. The van der Waals surface area contributed by atoms with Gasteiger partial charge in [0.2, 0.25) is 0 Å². The van der Waals surface area contributed by atoms with Gasteiger partial charge in [-0.15, -0.1) is 0 Å². The van der Waals surface area contributed by atoms with Crippen LogP contribution >= 0.6 is 23.2 Å². The largest absolute Gasteiger partial charge is 0.327 e.